The standard InChI is InChI=1S/C21H18ClFO2/c1-3-13-9-10-16(22)12-19(20(13)23)17-6-4-5-14-7-8-15(11-18(14)17)21(24)25-2/h4-8,10-12H,3,9H2,1-2H3. The molecule has 0 radical (unpaired) electrons. The van der Waals surface area contributed by atoms with Crippen LogP contribution in [-0.2, 0) is 4.74 Å². The van der Waals surface area contributed by atoms with E-state index in [-0.39, 0.29) is 5.83 Å². The van der Waals surface area contributed by atoms with Crippen LogP contribution in [-0.4, -0.2) is 13.1 Å². The number of ether oxygens (including phenoxy) is 1. The molecule has 0 saturated carbocycles. The average molecular weight is 357 g/mol. The van der Waals surface area contributed by atoms with Crippen LogP contribution in [0.5, 0.6) is 0 Å². The van der Waals surface area contributed by atoms with E-state index in [0.717, 1.165) is 10.8 Å². The van der Waals surface area contributed by atoms with E-state index in [4.69, 9.17) is 16.3 Å². The Balaban J connectivity index is 2.27. The van der Waals surface area contributed by atoms with Gasteiger partial charge in [0.25, 0.3) is 0 Å². The summed E-state index contributed by atoms with van der Waals surface area (Å²) >= 11 is 6.23. The maximum Gasteiger partial charge on any atom is 0.337 e. The Morgan fingerprint density at radius 3 is 2.80 bits per heavy atom. The number of carbonyl (C=O) groups excluding carboxylic acids is 1. The third kappa shape index (κ3) is 3.38. The van der Waals surface area contributed by atoms with Crippen LogP contribution in [0.4, 0.5) is 4.39 Å². The number of hydrogen-bond acceptors (Lipinski definition) is 2. The number of fused-ring (bicyclic) bond motifs is 1. The number of halogens is 2. The summed E-state index contributed by atoms with van der Waals surface area (Å²) in [7, 11) is 1.34. The van der Waals surface area contributed by atoms with Gasteiger partial charge in [-0.15, -0.1) is 0 Å². The molecule has 0 spiro atoms. The van der Waals surface area contributed by atoms with Crippen LogP contribution >= 0.6 is 11.6 Å². The summed E-state index contributed by atoms with van der Waals surface area (Å²) in [4.78, 5) is 11.9. The van der Waals surface area contributed by atoms with Crippen LogP contribution in [0, 0.1) is 0 Å². The van der Waals surface area contributed by atoms with Crippen LogP contribution in [0.1, 0.15) is 35.7 Å². The van der Waals surface area contributed by atoms with Gasteiger partial charge in [-0.3, -0.25) is 0 Å². The molecule has 0 bridgehead atoms. The highest BCUT2D eigenvalue weighted by molar-refractivity contribution is 6.32. The van der Waals surface area contributed by atoms with Gasteiger partial charge in [0.05, 0.1) is 12.7 Å². The topological polar surface area (TPSA) is 26.3 Å². The van der Waals surface area contributed by atoms with Crippen LogP contribution in [0.3, 0.4) is 0 Å². The molecule has 0 aliphatic heterocycles. The molecule has 128 valence electrons. The van der Waals surface area contributed by atoms with E-state index in [1.807, 2.05) is 37.3 Å². The molecule has 2 aromatic carbocycles. The number of esters is 1. The Kier molecular flexibility index (Phi) is 5.05. The lowest BCUT2D eigenvalue weighted by Crippen LogP contribution is -2.01. The van der Waals surface area contributed by atoms with Crippen LogP contribution in [0.15, 0.2) is 65.0 Å². The third-order valence-corrected chi connectivity index (χ3v) is 4.66. The molecule has 2 aromatic rings. The lowest BCUT2D eigenvalue weighted by Gasteiger charge is -2.12. The molecule has 1 aliphatic rings. The van der Waals surface area contributed by atoms with E-state index in [0.29, 0.717) is 40.1 Å². The van der Waals surface area contributed by atoms with Crippen molar-refractivity contribution in [3.05, 3.63) is 76.1 Å². The molecule has 0 atom stereocenters. The van der Waals surface area contributed by atoms with Gasteiger partial charge in [0, 0.05) is 10.6 Å². The van der Waals surface area contributed by atoms with Gasteiger partial charge < -0.3 is 4.74 Å². The van der Waals surface area contributed by atoms with Crippen molar-refractivity contribution in [1.29, 1.82) is 0 Å². The zero-order chi connectivity index (χ0) is 18.0. The largest absolute Gasteiger partial charge is 0.465 e. The second-order valence-corrected chi connectivity index (χ2v) is 6.29. The Hall–Kier alpha value is -2.39. The molecule has 1 aliphatic carbocycles. The van der Waals surface area contributed by atoms with Gasteiger partial charge in [0.15, 0.2) is 0 Å². The van der Waals surface area contributed by atoms with Gasteiger partial charge in [-0.2, -0.15) is 0 Å². The van der Waals surface area contributed by atoms with Crippen LogP contribution in [0.2, 0.25) is 0 Å². The van der Waals surface area contributed by atoms with Crippen molar-refractivity contribution in [3.8, 4) is 0 Å². The van der Waals surface area contributed by atoms with Crippen molar-refractivity contribution in [3.63, 3.8) is 0 Å². The first kappa shape index (κ1) is 17.4. The molecule has 0 heterocycles. The predicted molar refractivity (Wildman–Crippen MR) is 100 cm³/mol. The lowest BCUT2D eigenvalue weighted by atomic mass is 9.94. The summed E-state index contributed by atoms with van der Waals surface area (Å²) in [5, 5.41) is 2.21. The second kappa shape index (κ2) is 7.24. The van der Waals surface area contributed by atoms with Gasteiger partial charge in [-0.05, 0) is 53.0 Å². The smallest absolute Gasteiger partial charge is 0.337 e. The van der Waals surface area contributed by atoms with Crippen LogP contribution < -0.4 is 0 Å². The molecule has 0 amide bonds. The fourth-order valence-electron chi connectivity index (χ4n) is 3.01. The molecule has 0 saturated heterocycles. The van der Waals surface area contributed by atoms with Crippen molar-refractivity contribution in [2.75, 3.05) is 7.11 Å². The zero-order valence-electron chi connectivity index (χ0n) is 14.1. The van der Waals surface area contributed by atoms with Crippen molar-refractivity contribution < 1.29 is 13.9 Å². The number of benzene rings is 2. The number of hydrogen-bond donors (Lipinski definition) is 0. The molecule has 3 rings (SSSR count). The maximum absolute atomic E-state index is 15.1. The van der Waals surface area contributed by atoms with E-state index in [9.17, 15) is 4.79 Å². The lowest BCUT2D eigenvalue weighted by molar-refractivity contribution is 0.0601. The minimum absolute atomic E-state index is 0.245. The average Bonchev–Trinajstić information content (AvgIpc) is 2.78. The summed E-state index contributed by atoms with van der Waals surface area (Å²) in [5.74, 6) is -0.667. The number of allylic oxidation sites excluding steroid dienone is 6. The van der Waals surface area contributed by atoms with E-state index in [2.05, 4.69) is 0 Å². The maximum atomic E-state index is 15.1. The van der Waals surface area contributed by atoms with Crippen molar-refractivity contribution in [1.82, 2.24) is 0 Å². The molecular formula is C21H18ClFO2. The minimum Gasteiger partial charge on any atom is -0.465 e. The quantitative estimate of drug-likeness (QED) is 0.615. The van der Waals surface area contributed by atoms with Gasteiger partial charge in [0.1, 0.15) is 5.83 Å². The summed E-state index contributed by atoms with van der Waals surface area (Å²) in [6.45, 7) is 1.93. The Bertz CT molecular complexity index is 938. The van der Waals surface area contributed by atoms with E-state index >= 15 is 4.39 Å². The summed E-state index contributed by atoms with van der Waals surface area (Å²) in [6.07, 6.45) is 4.58. The van der Waals surface area contributed by atoms with Crippen molar-refractivity contribution in [2.45, 2.75) is 19.8 Å². The monoisotopic (exact) mass is 356 g/mol. The zero-order valence-corrected chi connectivity index (χ0v) is 14.9. The molecule has 0 N–H and O–H groups in total. The normalized spacial score (nSPS) is 14.9. The highest BCUT2D eigenvalue weighted by Gasteiger charge is 2.18. The van der Waals surface area contributed by atoms with E-state index in [1.165, 1.54) is 7.11 Å². The number of methoxy groups -OCH3 is 1. The Morgan fingerprint density at radius 2 is 2.08 bits per heavy atom. The Morgan fingerprint density at radius 1 is 1.28 bits per heavy atom. The number of carbonyl (C=O) groups is 1. The first-order valence-corrected chi connectivity index (χ1v) is 8.49. The Labute approximate surface area is 151 Å². The summed E-state index contributed by atoms with van der Waals surface area (Å²) < 4.78 is 19.9. The fraction of sp³-hybridized carbons (Fsp3) is 0.190. The second-order valence-electron chi connectivity index (χ2n) is 5.86. The minimum atomic E-state index is -0.422. The van der Waals surface area contributed by atoms with E-state index in [1.54, 1.807) is 18.2 Å². The van der Waals surface area contributed by atoms with Crippen molar-refractivity contribution >= 4 is 33.9 Å². The number of rotatable bonds is 3. The third-order valence-electron chi connectivity index (χ3n) is 4.39. The molecule has 0 aromatic heterocycles. The van der Waals surface area contributed by atoms with Gasteiger partial charge in [-0.1, -0.05) is 48.9 Å². The molecule has 2 nitrogen and oxygen atoms in total. The van der Waals surface area contributed by atoms with Gasteiger partial charge in [-0.25, -0.2) is 9.18 Å². The first-order valence-electron chi connectivity index (χ1n) is 8.11. The SMILES string of the molecule is CCC1=C(F)C(c2cccc3ccc(C(=O)OC)cc23)=CC(Cl)=CC1. The molecule has 4 heteroatoms. The van der Waals surface area contributed by atoms with Crippen LogP contribution in [0.25, 0.3) is 16.3 Å². The summed E-state index contributed by atoms with van der Waals surface area (Å²) in [6, 6.07) is 10.9. The molecule has 0 unspecified atom stereocenters. The summed E-state index contributed by atoms with van der Waals surface area (Å²) in [5.41, 5.74) is 2.30. The molecular weight excluding hydrogens is 339 g/mol. The highest BCUT2D eigenvalue weighted by Crippen LogP contribution is 2.37. The van der Waals surface area contributed by atoms with Gasteiger partial charge in [0.2, 0.25) is 0 Å². The fourth-order valence-corrected chi connectivity index (χ4v) is 3.20. The molecule has 25 heavy (non-hydrogen) atoms. The van der Waals surface area contributed by atoms with Crippen molar-refractivity contribution in [2.24, 2.45) is 0 Å². The highest BCUT2D eigenvalue weighted by atomic mass is 35.5. The van der Waals surface area contributed by atoms with E-state index < -0.39 is 5.97 Å². The first-order chi connectivity index (χ1) is 12.0. The van der Waals surface area contributed by atoms with Gasteiger partial charge >= 0.3 is 5.97 Å². The molecule has 0 fully saturated rings. The predicted octanol–water partition coefficient (Wildman–Crippen LogP) is 6.17.